The Morgan fingerprint density at radius 1 is 1.38 bits per heavy atom. The molecule has 6 heteroatoms. The first-order chi connectivity index (χ1) is 9.88. The zero-order valence-corrected chi connectivity index (χ0v) is 13.1. The zero-order chi connectivity index (χ0) is 15.2. The minimum Gasteiger partial charge on any atom is -0.309 e. The van der Waals surface area contributed by atoms with Crippen LogP contribution in [0.25, 0.3) is 0 Å². The molecule has 1 amide bonds. The fourth-order valence-corrected chi connectivity index (χ4v) is 4.05. The largest absolute Gasteiger partial charge is 0.309 e. The Labute approximate surface area is 125 Å². The average molecular weight is 308 g/mol. The Kier molecular flexibility index (Phi) is 3.53. The van der Waals surface area contributed by atoms with E-state index >= 15 is 0 Å². The van der Waals surface area contributed by atoms with E-state index in [2.05, 4.69) is 4.72 Å². The van der Waals surface area contributed by atoms with E-state index in [0.29, 0.717) is 23.8 Å². The Bertz CT molecular complexity index is 680. The third kappa shape index (κ3) is 2.82. The van der Waals surface area contributed by atoms with E-state index in [1.165, 1.54) is 6.92 Å². The van der Waals surface area contributed by atoms with Crippen LogP contribution in [0.3, 0.4) is 0 Å². The van der Waals surface area contributed by atoms with Gasteiger partial charge in [-0.25, -0.2) is 13.1 Å². The predicted octanol–water partition coefficient (Wildman–Crippen LogP) is 1.67. The molecule has 1 atom stereocenters. The molecule has 5 nitrogen and oxygen atoms in total. The molecule has 2 aliphatic rings. The first-order valence-electron chi connectivity index (χ1n) is 7.31. The third-order valence-electron chi connectivity index (χ3n) is 4.18. The van der Waals surface area contributed by atoms with Crippen LogP contribution in [0.1, 0.15) is 32.3 Å². The van der Waals surface area contributed by atoms with E-state index in [1.807, 2.05) is 6.92 Å². The summed E-state index contributed by atoms with van der Waals surface area (Å²) >= 11 is 0. The van der Waals surface area contributed by atoms with Crippen LogP contribution in [0.4, 0.5) is 5.69 Å². The number of sulfonamides is 1. The smallest absolute Gasteiger partial charge is 0.240 e. The molecular weight excluding hydrogens is 288 g/mol. The minimum atomic E-state index is -3.45. The summed E-state index contributed by atoms with van der Waals surface area (Å²) in [6, 6.07) is 5.10. The lowest BCUT2D eigenvalue weighted by Crippen LogP contribution is -2.33. The van der Waals surface area contributed by atoms with Gasteiger partial charge in [-0.3, -0.25) is 4.79 Å². The molecule has 1 saturated carbocycles. The molecule has 0 spiro atoms. The van der Waals surface area contributed by atoms with E-state index in [9.17, 15) is 13.2 Å². The maximum Gasteiger partial charge on any atom is 0.240 e. The highest BCUT2D eigenvalue weighted by atomic mass is 32.2. The molecule has 1 aromatic rings. The van der Waals surface area contributed by atoms with Crippen LogP contribution in [-0.4, -0.2) is 26.9 Å². The molecule has 1 fully saturated rings. The van der Waals surface area contributed by atoms with Gasteiger partial charge in [0.05, 0.1) is 4.90 Å². The number of nitrogens with one attached hydrogen (secondary N) is 1. The highest BCUT2D eigenvalue weighted by Gasteiger charge is 2.30. The fraction of sp³-hybridized carbons (Fsp3) is 0.533. The molecule has 1 heterocycles. The molecule has 0 bridgehead atoms. The van der Waals surface area contributed by atoms with Crippen molar-refractivity contribution >= 4 is 21.6 Å². The van der Waals surface area contributed by atoms with Gasteiger partial charge >= 0.3 is 0 Å². The number of anilines is 1. The number of benzene rings is 1. The molecule has 0 saturated heterocycles. The molecule has 0 aromatic heterocycles. The van der Waals surface area contributed by atoms with Crippen molar-refractivity contribution in [3.05, 3.63) is 23.8 Å². The van der Waals surface area contributed by atoms with E-state index < -0.39 is 10.0 Å². The summed E-state index contributed by atoms with van der Waals surface area (Å²) in [7, 11) is -3.45. The van der Waals surface area contributed by atoms with E-state index in [1.54, 1.807) is 23.1 Å². The number of rotatable bonds is 4. The first-order valence-corrected chi connectivity index (χ1v) is 8.79. The number of hydrogen-bond acceptors (Lipinski definition) is 3. The van der Waals surface area contributed by atoms with Crippen molar-refractivity contribution < 1.29 is 13.2 Å². The fourth-order valence-electron chi connectivity index (χ4n) is 2.89. The van der Waals surface area contributed by atoms with Crippen LogP contribution >= 0.6 is 0 Å². The first kappa shape index (κ1) is 14.5. The highest BCUT2D eigenvalue weighted by molar-refractivity contribution is 7.89. The SMILES string of the molecule is CC(=O)N1c2ccc(S(=O)(=O)NCC3CC3)cc2C[C@@H]1C. The van der Waals surface area contributed by atoms with E-state index in [4.69, 9.17) is 0 Å². The molecule has 1 aliphatic heterocycles. The monoisotopic (exact) mass is 308 g/mol. The molecule has 3 rings (SSSR count). The lowest BCUT2D eigenvalue weighted by Gasteiger charge is -2.20. The molecule has 0 unspecified atom stereocenters. The van der Waals surface area contributed by atoms with Crippen LogP contribution in [0.15, 0.2) is 23.1 Å². The maximum atomic E-state index is 12.3. The molecule has 21 heavy (non-hydrogen) atoms. The summed E-state index contributed by atoms with van der Waals surface area (Å²) in [5, 5.41) is 0. The van der Waals surface area contributed by atoms with Crippen LogP contribution in [0, 0.1) is 5.92 Å². The molecule has 1 N–H and O–H groups in total. The third-order valence-corrected chi connectivity index (χ3v) is 5.60. The molecular formula is C15H20N2O3S. The van der Waals surface area contributed by atoms with Gasteiger partial charge in [0.15, 0.2) is 0 Å². The quantitative estimate of drug-likeness (QED) is 0.920. The second-order valence-electron chi connectivity index (χ2n) is 6.03. The molecule has 114 valence electrons. The second-order valence-corrected chi connectivity index (χ2v) is 7.79. The summed E-state index contributed by atoms with van der Waals surface area (Å²) in [5.74, 6) is 0.492. The average Bonchev–Trinajstić information content (AvgIpc) is 3.16. The molecule has 1 aromatic carbocycles. The van der Waals surface area contributed by atoms with Crippen LogP contribution < -0.4 is 9.62 Å². The lowest BCUT2D eigenvalue weighted by atomic mass is 10.1. The molecule has 0 radical (unpaired) electrons. The van der Waals surface area contributed by atoms with Crippen molar-refractivity contribution in [1.82, 2.24) is 4.72 Å². The van der Waals surface area contributed by atoms with Gasteiger partial charge in [0.1, 0.15) is 0 Å². The normalized spacial score (nSPS) is 21.4. The van der Waals surface area contributed by atoms with Crippen LogP contribution in [0.5, 0.6) is 0 Å². The Morgan fingerprint density at radius 2 is 2.10 bits per heavy atom. The summed E-state index contributed by atoms with van der Waals surface area (Å²) in [6.07, 6.45) is 2.91. The number of hydrogen-bond donors (Lipinski definition) is 1. The van der Waals surface area contributed by atoms with Crippen molar-refractivity contribution in [3.8, 4) is 0 Å². The van der Waals surface area contributed by atoms with Crippen molar-refractivity contribution in [2.75, 3.05) is 11.4 Å². The summed E-state index contributed by atoms with van der Waals surface area (Å²) in [5.41, 5.74) is 1.75. The van der Waals surface area contributed by atoms with Gasteiger partial charge < -0.3 is 4.90 Å². The predicted molar refractivity (Wildman–Crippen MR) is 80.7 cm³/mol. The van der Waals surface area contributed by atoms with Gasteiger partial charge in [0.25, 0.3) is 0 Å². The lowest BCUT2D eigenvalue weighted by molar-refractivity contribution is -0.116. The second kappa shape index (κ2) is 5.10. The van der Waals surface area contributed by atoms with Crippen molar-refractivity contribution in [3.63, 3.8) is 0 Å². The highest BCUT2D eigenvalue weighted by Crippen LogP contribution is 2.34. The Morgan fingerprint density at radius 3 is 2.71 bits per heavy atom. The van der Waals surface area contributed by atoms with Gasteiger partial charge in [-0.15, -0.1) is 0 Å². The van der Waals surface area contributed by atoms with Gasteiger partial charge in [0, 0.05) is 25.2 Å². The molecule has 1 aliphatic carbocycles. The maximum absolute atomic E-state index is 12.3. The van der Waals surface area contributed by atoms with Crippen molar-refractivity contribution in [2.45, 2.75) is 44.0 Å². The number of nitrogens with zero attached hydrogens (tertiary/aromatic N) is 1. The minimum absolute atomic E-state index is 0.0104. The van der Waals surface area contributed by atoms with Gasteiger partial charge in [-0.1, -0.05) is 0 Å². The Balaban J connectivity index is 1.86. The van der Waals surface area contributed by atoms with Gasteiger partial charge in [-0.2, -0.15) is 0 Å². The van der Waals surface area contributed by atoms with Crippen LogP contribution in [0.2, 0.25) is 0 Å². The number of carbonyl (C=O) groups is 1. The standard InChI is InChI=1S/C15H20N2O3S/c1-10-7-13-8-14(5-6-15(13)17(10)11(2)18)21(19,20)16-9-12-3-4-12/h5-6,8,10,12,16H,3-4,7,9H2,1-2H3/t10-/m0/s1. The van der Waals surface area contributed by atoms with E-state index in [-0.39, 0.29) is 11.9 Å². The zero-order valence-electron chi connectivity index (χ0n) is 12.3. The van der Waals surface area contributed by atoms with E-state index in [0.717, 1.165) is 24.1 Å². The summed E-state index contributed by atoms with van der Waals surface area (Å²) in [4.78, 5) is 13.7. The van der Waals surface area contributed by atoms with Gasteiger partial charge in [-0.05, 0) is 55.9 Å². The summed E-state index contributed by atoms with van der Waals surface area (Å²) in [6.45, 7) is 4.03. The Hall–Kier alpha value is -1.40. The number of amides is 1. The number of fused-ring (bicyclic) bond motifs is 1. The van der Waals surface area contributed by atoms with Gasteiger partial charge in [0.2, 0.25) is 15.9 Å². The topological polar surface area (TPSA) is 66.5 Å². The van der Waals surface area contributed by atoms with Crippen molar-refractivity contribution in [2.24, 2.45) is 5.92 Å². The van der Waals surface area contributed by atoms with Crippen LogP contribution in [-0.2, 0) is 21.2 Å². The number of carbonyl (C=O) groups excluding carboxylic acids is 1. The van der Waals surface area contributed by atoms with Crippen molar-refractivity contribution in [1.29, 1.82) is 0 Å². The summed E-state index contributed by atoms with van der Waals surface area (Å²) < 4.78 is 27.2.